The molecule has 1 heterocycles. The van der Waals surface area contributed by atoms with E-state index in [4.69, 9.17) is 9.68 Å². The van der Waals surface area contributed by atoms with Gasteiger partial charge in [0.1, 0.15) is 6.07 Å². The van der Waals surface area contributed by atoms with Gasteiger partial charge in [-0.15, -0.1) is 0 Å². The molecule has 0 amide bonds. The molecule has 2 rings (SSSR count). The zero-order valence-electron chi connectivity index (χ0n) is 7.47. The zero-order valence-corrected chi connectivity index (χ0v) is 7.47. The van der Waals surface area contributed by atoms with Gasteiger partial charge in [-0.1, -0.05) is 30.3 Å². The fourth-order valence-corrected chi connectivity index (χ4v) is 1.21. The van der Waals surface area contributed by atoms with Crippen molar-refractivity contribution in [3.05, 3.63) is 53.7 Å². The van der Waals surface area contributed by atoms with E-state index in [9.17, 15) is 0 Å². The van der Waals surface area contributed by atoms with Gasteiger partial charge in [-0.2, -0.15) is 5.26 Å². The van der Waals surface area contributed by atoms with Gasteiger partial charge in [0.25, 0.3) is 0 Å². The molecule has 1 aromatic carbocycles. The highest BCUT2D eigenvalue weighted by atomic mass is 16.4. The van der Waals surface area contributed by atoms with Gasteiger partial charge in [0.2, 0.25) is 5.76 Å². The first-order chi connectivity index (χ1) is 6.88. The van der Waals surface area contributed by atoms with Crippen molar-refractivity contribution in [3.8, 4) is 6.07 Å². The molecule has 0 atom stereocenters. The predicted molar refractivity (Wildman–Crippen MR) is 50.5 cm³/mol. The lowest BCUT2D eigenvalue weighted by atomic mass is 10.2. The normalized spacial score (nSPS) is 9.64. The first kappa shape index (κ1) is 8.52. The number of aromatic nitrogens is 1. The third-order valence-electron chi connectivity index (χ3n) is 1.86. The van der Waals surface area contributed by atoms with Crippen LogP contribution >= 0.6 is 0 Å². The summed E-state index contributed by atoms with van der Waals surface area (Å²) >= 11 is 0. The van der Waals surface area contributed by atoms with Crippen molar-refractivity contribution in [2.24, 2.45) is 0 Å². The number of oxazole rings is 1. The fraction of sp³-hybridized carbons (Fsp3) is 0.0909. The number of benzene rings is 1. The highest BCUT2D eigenvalue weighted by Crippen LogP contribution is 2.08. The van der Waals surface area contributed by atoms with Crippen LogP contribution in [0.2, 0.25) is 0 Å². The molecule has 0 spiro atoms. The third-order valence-corrected chi connectivity index (χ3v) is 1.86. The molecule has 0 fully saturated rings. The van der Waals surface area contributed by atoms with E-state index in [-0.39, 0.29) is 5.76 Å². The van der Waals surface area contributed by atoms with E-state index in [0.29, 0.717) is 12.3 Å². The first-order valence-electron chi connectivity index (χ1n) is 4.27. The maximum atomic E-state index is 8.53. The summed E-state index contributed by atoms with van der Waals surface area (Å²) < 4.78 is 5.16. The Morgan fingerprint density at radius 1 is 1.29 bits per heavy atom. The van der Waals surface area contributed by atoms with Gasteiger partial charge in [-0.3, -0.25) is 0 Å². The molecule has 0 bridgehead atoms. The minimum absolute atomic E-state index is 0.260. The molecule has 68 valence electrons. The van der Waals surface area contributed by atoms with E-state index in [1.165, 1.54) is 6.20 Å². The van der Waals surface area contributed by atoms with Gasteiger partial charge in [0.15, 0.2) is 5.89 Å². The van der Waals surface area contributed by atoms with Gasteiger partial charge >= 0.3 is 0 Å². The zero-order chi connectivity index (χ0) is 9.80. The highest BCUT2D eigenvalue weighted by Gasteiger charge is 2.03. The van der Waals surface area contributed by atoms with Crippen LogP contribution in [0, 0.1) is 11.3 Å². The second-order valence-electron chi connectivity index (χ2n) is 2.89. The molecule has 0 saturated carbocycles. The van der Waals surface area contributed by atoms with E-state index in [1.54, 1.807) is 0 Å². The van der Waals surface area contributed by atoms with Crippen molar-refractivity contribution in [1.82, 2.24) is 4.98 Å². The molecular formula is C11H8N2O. The quantitative estimate of drug-likeness (QED) is 0.718. The maximum Gasteiger partial charge on any atom is 0.223 e. The summed E-state index contributed by atoms with van der Waals surface area (Å²) in [6.45, 7) is 0. The Hall–Kier alpha value is -2.08. The fourth-order valence-electron chi connectivity index (χ4n) is 1.21. The number of nitrogens with zero attached hydrogens (tertiary/aromatic N) is 2. The number of nitriles is 1. The van der Waals surface area contributed by atoms with Crippen molar-refractivity contribution in [2.75, 3.05) is 0 Å². The van der Waals surface area contributed by atoms with E-state index >= 15 is 0 Å². The lowest BCUT2D eigenvalue weighted by Gasteiger charge is -1.94. The van der Waals surface area contributed by atoms with Crippen molar-refractivity contribution >= 4 is 0 Å². The van der Waals surface area contributed by atoms with Crippen LogP contribution in [-0.4, -0.2) is 4.98 Å². The summed E-state index contributed by atoms with van der Waals surface area (Å²) in [5, 5.41) is 8.53. The standard InChI is InChI=1S/C11H8N2O/c12-7-10-8-13-11(14-10)6-9-4-2-1-3-5-9/h1-5,8H,6H2. The largest absolute Gasteiger partial charge is 0.430 e. The molecule has 2 aromatic rings. The van der Waals surface area contributed by atoms with Crippen LogP contribution in [0.5, 0.6) is 0 Å². The SMILES string of the molecule is N#Cc1cnc(Cc2ccccc2)o1. The molecule has 3 heteroatoms. The Morgan fingerprint density at radius 2 is 2.07 bits per heavy atom. The van der Waals surface area contributed by atoms with Gasteiger partial charge < -0.3 is 4.42 Å². The summed E-state index contributed by atoms with van der Waals surface area (Å²) in [5.74, 6) is 0.837. The molecule has 0 aliphatic carbocycles. The number of hydrogen-bond acceptors (Lipinski definition) is 3. The molecule has 0 aliphatic rings. The van der Waals surface area contributed by atoms with Crippen LogP contribution < -0.4 is 0 Å². The Balaban J connectivity index is 2.16. The Kier molecular flexibility index (Phi) is 2.28. The van der Waals surface area contributed by atoms with Crippen LogP contribution in [0.15, 0.2) is 40.9 Å². The maximum absolute atomic E-state index is 8.53. The first-order valence-corrected chi connectivity index (χ1v) is 4.27. The molecule has 3 nitrogen and oxygen atoms in total. The van der Waals surface area contributed by atoms with Gasteiger partial charge in [0.05, 0.1) is 6.20 Å². The summed E-state index contributed by atoms with van der Waals surface area (Å²) in [5.41, 5.74) is 1.12. The van der Waals surface area contributed by atoms with Crippen molar-refractivity contribution in [3.63, 3.8) is 0 Å². The predicted octanol–water partition coefficient (Wildman–Crippen LogP) is 2.14. The van der Waals surface area contributed by atoms with Gasteiger partial charge in [-0.25, -0.2) is 4.98 Å². The summed E-state index contributed by atoms with van der Waals surface area (Å²) in [6, 6.07) is 11.8. The number of hydrogen-bond donors (Lipinski definition) is 0. The second-order valence-corrected chi connectivity index (χ2v) is 2.89. The highest BCUT2D eigenvalue weighted by molar-refractivity contribution is 5.19. The Labute approximate surface area is 81.6 Å². The molecule has 1 aromatic heterocycles. The minimum Gasteiger partial charge on any atom is -0.430 e. The molecule has 14 heavy (non-hydrogen) atoms. The van der Waals surface area contributed by atoms with E-state index in [2.05, 4.69) is 4.98 Å². The third kappa shape index (κ3) is 1.80. The van der Waals surface area contributed by atoms with Crippen LogP contribution in [0.1, 0.15) is 17.2 Å². The molecule has 0 aliphatic heterocycles. The molecule has 0 saturated heterocycles. The topological polar surface area (TPSA) is 49.8 Å². The summed E-state index contributed by atoms with van der Waals surface area (Å²) in [7, 11) is 0. The summed E-state index contributed by atoms with van der Waals surface area (Å²) in [6.07, 6.45) is 2.07. The average molecular weight is 184 g/mol. The van der Waals surface area contributed by atoms with Crippen LogP contribution in [0.4, 0.5) is 0 Å². The van der Waals surface area contributed by atoms with Gasteiger partial charge in [0, 0.05) is 6.42 Å². The molecule has 0 unspecified atom stereocenters. The Morgan fingerprint density at radius 3 is 2.71 bits per heavy atom. The second kappa shape index (κ2) is 3.75. The number of rotatable bonds is 2. The van der Waals surface area contributed by atoms with Crippen molar-refractivity contribution in [2.45, 2.75) is 6.42 Å². The van der Waals surface area contributed by atoms with Crippen molar-refractivity contribution < 1.29 is 4.42 Å². The van der Waals surface area contributed by atoms with E-state index < -0.39 is 0 Å². The van der Waals surface area contributed by atoms with Gasteiger partial charge in [-0.05, 0) is 5.56 Å². The Bertz CT molecular complexity index is 454. The summed E-state index contributed by atoms with van der Waals surface area (Å²) in [4.78, 5) is 3.99. The average Bonchev–Trinajstić information content (AvgIpc) is 2.67. The minimum atomic E-state index is 0.260. The molecular weight excluding hydrogens is 176 g/mol. The monoisotopic (exact) mass is 184 g/mol. The van der Waals surface area contributed by atoms with E-state index in [0.717, 1.165) is 5.56 Å². The van der Waals surface area contributed by atoms with Crippen LogP contribution in [-0.2, 0) is 6.42 Å². The van der Waals surface area contributed by atoms with Crippen molar-refractivity contribution in [1.29, 1.82) is 5.26 Å². The molecule has 0 N–H and O–H groups in total. The van der Waals surface area contributed by atoms with Crippen LogP contribution in [0.3, 0.4) is 0 Å². The van der Waals surface area contributed by atoms with Crippen LogP contribution in [0.25, 0.3) is 0 Å². The lowest BCUT2D eigenvalue weighted by Crippen LogP contribution is -1.86. The lowest BCUT2D eigenvalue weighted by molar-refractivity contribution is 0.496. The van der Waals surface area contributed by atoms with E-state index in [1.807, 2.05) is 36.4 Å². The smallest absolute Gasteiger partial charge is 0.223 e. The molecule has 0 radical (unpaired) electrons.